The minimum Gasteiger partial charge on any atom is -0.326 e. The van der Waals surface area contributed by atoms with Crippen LogP contribution in [0.4, 0.5) is 14.9 Å². The van der Waals surface area contributed by atoms with Gasteiger partial charge in [-0.2, -0.15) is 0 Å². The number of sulfonamides is 1. The Balaban J connectivity index is 1.53. The molecule has 1 aliphatic rings. The van der Waals surface area contributed by atoms with Crippen molar-refractivity contribution in [3.63, 3.8) is 0 Å². The van der Waals surface area contributed by atoms with Gasteiger partial charge in [-0.05, 0) is 84.7 Å². The second-order valence-electron chi connectivity index (χ2n) is 12.3. The lowest BCUT2D eigenvalue weighted by molar-refractivity contribution is -0.123. The van der Waals surface area contributed by atoms with Gasteiger partial charge in [0.1, 0.15) is 11.9 Å². The van der Waals surface area contributed by atoms with Crippen LogP contribution in [0.2, 0.25) is 5.02 Å². The first-order valence-corrected chi connectivity index (χ1v) is 20.0. The van der Waals surface area contributed by atoms with Crippen LogP contribution in [0.1, 0.15) is 26.7 Å². The smallest absolute Gasteiger partial charge is 0.326 e. The van der Waals surface area contributed by atoms with Gasteiger partial charge in [0.05, 0.1) is 15.5 Å². The molecule has 4 aromatic carbocycles. The van der Waals surface area contributed by atoms with Crippen LogP contribution in [0.25, 0.3) is 21.9 Å². The summed E-state index contributed by atoms with van der Waals surface area (Å²) in [5, 5.41) is 1.75. The molecule has 1 saturated heterocycles. The van der Waals surface area contributed by atoms with Crippen LogP contribution in [0.3, 0.4) is 0 Å². The van der Waals surface area contributed by atoms with Gasteiger partial charge in [0.15, 0.2) is 9.84 Å². The second kappa shape index (κ2) is 15.1. The quantitative estimate of drug-likeness (QED) is 0.178. The zero-order valence-corrected chi connectivity index (χ0v) is 30.7. The molecule has 0 saturated carbocycles. The maximum atomic E-state index is 15.9. The van der Waals surface area contributed by atoms with Gasteiger partial charge >= 0.3 is 6.03 Å². The maximum absolute atomic E-state index is 15.9. The monoisotopic (exact) mass is 742 g/mol. The van der Waals surface area contributed by atoms with Gasteiger partial charge in [0.2, 0.25) is 0 Å². The van der Waals surface area contributed by atoms with Crippen LogP contribution >= 0.6 is 11.6 Å². The van der Waals surface area contributed by atoms with E-state index in [-0.39, 0.29) is 41.4 Å². The molecule has 0 bridgehead atoms. The summed E-state index contributed by atoms with van der Waals surface area (Å²) >= 11 is 6.13. The third-order valence-corrected chi connectivity index (χ3v) is 12.2. The molecule has 1 atom stereocenters. The van der Waals surface area contributed by atoms with E-state index in [2.05, 4.69) is 4.90 Å². The summed E-state index contributed by atoms with van der Waals surface area (Å²) in [6, 6.07) is 17.3. The number of halogens is 2. The van der Waals surface area contributed by atoms with Gasteiger partial charge in [-0.25, -0.2) is 30.3 Å². The van der Waals surface area contributed by atoms with Gasteiger partial charge in [-0.1, -0.05) is 61.8 Å². The van der Waals surface area contributed by atoms with Crippen molar-refractivity contribution in [3.05, 3.63) is 89.7 Å². The van der Waals surface area contributed by atoms with Gasteiger partial charge in [-0.3, -0.25) is 4.79 Å². The number of sulfone groups is 1. The van der Waals surface area contributed by atoms with Crippen LogP contribution in [-0.4, -0.2) is 94.9 Å². The zero-order valence-electron chi connectivity index (χ0n) is 28.3. The highest BCUT2D eigenvalue weighted by Gasteiger charge is 2.45. The number of piperidine rings is 1. The summed E-state index contributed by atoms with van der Waals surface area (Å²) in [4.78, 5) is 32.8. The highest BCUT2D eigenvalue weighted by molar-refractivity contribution is 7.91. The maximum Gasteiger partial charge on any atom is 0.334 e. The van der Waals surface area contributed by atoms with E-state index in [4.69, 9.17) is 11.6 Å². The predicted molar refractivity (Wildman–Crippen MR) is 194 cm³/mol. The Hall–Kier alpha value is -4.04. The van der Waals surface area contributed by atoms with E-state index in [1.807, 2.05) is 13.8 Å². The molecule has 10 nitrogen and oxygen atoms in total. The number of hydrogen-bond donors (Lipinski definition) is 0. The van der Waals surface area contributed by atoms with Crippen molar-refractivity contribution in [3.8, 4) is 11.1 Å². The van der Waals surface area contributed by atoms with Gasteiger partial charge in [0.25, 0.3) is 15.9 Å². The molecular weight excluding hydrogens is 703 g/mol. The molecule has 1 aliphatic heterocycles. The number of anilines is 1. The van der Waals surface area contributed by atoms with E-state index < -0.39 is 43.7 Å². The molecule has 1 fully saturated rings. The average Bonchev–Trinajstić information content (AvgIpc) is 3.08. The Morgan fingerprint density at radius 3 is 2.28 bits per heavy atom. The number of rotatable bonds is 11. The second-order valence-corrected chi connectivity index (χ2v) is 16.5. The third kappa shape index (κ3) is 7.65. The Kier molecular flexibility index (Phi) is 11.2. The van der Waals surface area contributed by atoms with Crippen LogP contribution < -0.4 is 4.90 Å². The molecule has 3 amide bonds. The largest absolute Gasteiger partial charge is 0.334 e. The van der Waals surface area contributed by atoms with Crippen molar-refractivity contribution < 1.29 is 30.8 Å². The topological polar surface area (TPSA) is 115 Å². The normalized spacial score (nSPS) is 15.5. The number of likely N-dealkylation sites (N-methyl/N-ethyl adjacent to an activating group) is 2. The number of hydrogen-bond acceptors (Lipinski definition) is 7. The van der Waals surface area contributed by atoms with E-state index in [9.17, 15) is 26.4 Å². The molecule has 0 aliphatic carbocycles. The molecular formula is C36H40ClFN4O6S2. The number of carbonyl (C=O) groups excluding carboxylic acids is 2. The van der Waals surface area contributed by atoms with Crippen LogP contribution in [0.15, 0.2) is 88.7 Å². The van der Waals surface area contributed by atoms with Crippen LogP contribution in [0, 0.1) is 5.82 Å². The summed E-state index contributed by atoms with van der Waals surface area (Å²) in [7, 11) is -6.74. The number of benzene rings is 4. The van der Waals surface area contributed by atoms with E-state index in [0.717, 1.165) is 30.3 Å². The zero-order chi connectivity index (χ0) is 36.4. The molecule has 4 aromatic rings. The molecule has 0 N–H and O–H groups in total. The highest BCUT2D eigenvalue weighted by Crippen LogP contribution is 2.34. The van der Waals surface area contributed by atoms with Crippen molar-refractivity contribution in [1.29, 1.82) is 0 Å². The molecule has 14 heteroatoms. The minimum atomic E-state index is -4.61. The Morgan fingerprint density at radius 2 is 1.60 bits per heavy atom. The Labute approximate surface area is 298 Å². The van der Waals surface area contributed by atoms with Crippen molar-refractivity contribution in [2.45, 2.75) is 42.5 Å². The highest BCUT2D eigenvalue weighted by atomic mass is 35.5. The Morgan fingerprint density at radius 1 is 0.920 bits per heavy atom. The first-order valence-electron chi connectivity index (χ1n) is 16.3. The fourth-order valence-electron chi connectivity index (χ4n) is 6.20. The fraction of sp³-hybridized carbons (Fsp3) is 0.333. The van der Waals surface area contributed by atoms with Gasteiger partial charge < -0.3 is 14.7 Å². The lowest BCUT2D eigenvalue weighted by atomic mass is 10.0. The lowest BCUT2D eigenvalue weighted by Crippen LogP contribution is -2.59. The number of carbonyl (C=O) groups is 2. The minimum absolute atomic E-state index is 0.0301. The molecule has 0 radical (unpaired) electrons. The standard InChI is InChI=1S/C36H40ClFN4O6S2/c1-5-40(6-2)21-20-39(3)36(44)42(50(47,48)29-17-14-25-22-28(37)16-13-26(25)23-29)33-11-9-19-41(35(33)43)32-18-15-27(24-31(32)38)30-10-7-8-12-34(30)49(4,45)46/h7-8,10,12-18,22-24,33H,5-6,9,11,19-21H2,1-4H3. The van der Waals surface area contributed by atoms with Crippen molar-refractivity contribution in [2.24, 2.45) is 0 Å². The lowest BCUT2D eigenvalue weighted by Gasteiger charge is -2.39. The molecule has 1 unspecified atom stereocenters. The van der Waals surface area contributed by atoms with Crippen LogP contribution in [-0.2, 0) is 24.7 Å². The summed E-state index contributed by atoms with van der Waals surface area (Å²) in [6.45, 7) is 6.23. The van der Waals surface area contributed by atoms with Gasteiger partial charge in [-0.15, -0.1) is 0 Å². The molecule has 266 valence electrons. The number of fused-ring (bicyclic) bond motifs is 1. The number of amides is 3. The molecule has 50 heavy (non-hydrogen) atoms. The number of nitrogens with zero attached hydrogens (tertiary/aromatic N) is 4. The average molecular weight is 743 g/mol. The van der Waals surface area contributed by atoms with E-state index in [1.165, 1.54) is 42.3 Å². The fourth-order valence-corrected chi connectivity index (χ4v) is 8.91. The molecule has 1 heterocycles. The molecule has 0 spiro atoms. The first-order chi connectivity index (χ1) is 23.7. The van der Waals surface area contributed by atoms with E-state index in [0.29, 0.717) is 37.8 Å². The Bertz CT molecular complexity index is 2140. The summed E-state index contributed by atoms with van der Waals surface area (Å²) in [5.74, 6) is -1.55. The number of urea groups is 1. The molecule has 5 rings (SSSR count). The van der Waals surface area contributed by atoms with Crippen molar-refractivity contribution in [2.75, 3.05) is 50.9 Å². The first kappa shape index (κ1) is 37.2. The van der Waals surface area contributed by atoms with Crippen molar-refractivity contribution >= 4 is 59.9 Å². The third-order valence-electron chi connectivity index (χ3n) is 9.02. The van der Waals surface area contributed by atoms with Gasteiger partial charge in [0, 0.05) is 43.5 Å². The summed E-state index contributed by atoms with van der Waals surface area (Å²) < 4.78 is 70.3. The molecule has 0 aromatic heterocycles. The summed E-state index contributed by atoms with van der Waals surface area (Å²) in [5.41, 5.74) is 0.485. The summed E-state index contributed by atoms with van der Waals surface area (Å²) in [6.07, 6.45) is 1.39. The van der Waals surface area contributed by atoms with E-state index >= 15 is 4.39 Å². The van der Waals surface area contributed by atoms with Crippen molar-refractivity contribution in [1.82, 2.24) is 14.1 Å². The van der Waals surface area contributed by atoms with E-state index in [1.54, 1.807) is 42.5 Å². The predicted octanol–water partition coefficient (Wildman–Crippen LogP) is 6.28. The SMILES string of the molecule is CCN(CC)CCN(C)C(=O)N(C1CCCN(c2ccc(-c3ccccc3S(C)(=O)=O)cc2F)C1=O)S(=O)(=O)c1ccc2cc(Cl)ccc2c1. The van der Waals surface area contributed by atoms with Crippen LogP contribution in [0.5, 0.6) is 0 Å².